The molecule has 39 heavy (non-hydrogen) atoms. The fourth-order valence-electron chi connectivity index (χ4n) is 5.74. The second-order valence-electron chi connectivity index (χ2n) is 10.9. The van der Waals surface area contributed by atoms with Crippen molar-refractivity contribution in [1.29, 1.82) is 0 Å². The normalized spacial score (nSPS) is 16.3. The minimum atomic E-state index is 0.0130. The number of benzene rings is 2. The topological polar surface area (TPSA) is 107 Å². The molecular formula is C30H38N6O3. The van der Waals surface area contributed by atoms with Gasteiger partial charge in [0, 0.05) is 38.6 Å². The summed E-state index contributed by atoms with van der Waals surface area (Å²) in [6.07, 6.45) is 6.19. The van der Waals surface area contributed by atoms with Gasteiger partial charge in [-0.2, -0.15) is 0 Å². The first kappa shape index (κ1) is 26.9. The third-order valence-electron chi connectivity index (χ3n) is 7.61. The molecule has 2 aromatic heterocycles. The van der Waals surface area contributed by atoms with Crippen molar-refractivity contribution in [2.45, 2.75) is 52.6 Å². The van der Waals surface area contributed by atoms with E-state index in [1.165, 1.54) is 0 Å². The number of ether oxygens (including phenoxy) is 1. The number of carbonyl (C=O) groups excluding carboxylic acids is 1. The Morgan fingerprint density at radius 1 is 1.18 bits per heavy atom. The van der Waals surface area contributed by atoms with Crippen molar-refractivity contribution in [2.75, 3.05) is 31.2 Å². The molecule has 0 bridgehead atoms. The lowest BCUT2D eigenvalue weighted by Gasteiger charge is -2.28. The van der Waals surface area contributed by atoms with Gasteiger partial charge >= 0.3 is 0 Å². The van der Waals surface area contributed by atoms with Gasteiger partial charge in [0.15, 0.2) is 11.5 Å². The number of aromatic nitrogens is 4. The Morgan fingerprint density at radius 2 is 2.00 bits per heavy atom. The van der Waals surface area contributed by atoms with Gasteiger partial charge in [-0.3, -0.25) is 4.79 Å². The predicted molar refractivity (Wildman–Crippen MR) is 153 cm³/mol. The van der Waals surface area contributed by atoms with Crippen LogP contribution < -0.4 is 9.64 Å². The highest BCUT2D eigenvalue weighted by atomic mass is 16.5. The molecule has 1 fully saturated rings. The van der Waals surface area contributed by atoms with E-state index in [9.17, 15) is 9.90 Å². The lowest BCUT2D eigenvalue weighted by Crippen LogP contribution is -2.35. The van der Waals surface area contributed by atoms with E-state index in [2.05, 4.69) is 56.9 Å². The first-order valence-electron chi connectivity index (χ1n) is 13.8. The molecular weight excluding hydrogens is 492 g/mol. The van der Waals surface area contributed by atoms with E-state index in [1.807, 2.05) is 23.1 Å². The summed E-state index contributed by atoms with van der Waals surface area (Å²) in [5, 5.41) is 12.0. The van der Waals surface area contributed by atoms with E-state index in [0.717, 1.165) is 59.2 Å². The van der Waals surface area contributed by atoms with Gasteiger partial charge < -0.3 is 24.6 Å². The Morgan fingerprint density at radius 3 is 2.77 bits per heavy atom. The first-order chi connectivity index (χ1) is 18.9. The molecule has 2 aromatic carbocycles. The molecule has 5 rings (SSSR count). The van der Waals surface area contributed by atoms with Crippen molar-refractivity contribution in [3.05, 3.63) is 54.6 Å². The van der Waals surface area contributed by atoms with Crippen LogP contribution in [0.25, 0.3) is 21.9 Å². The number of H-pyrrole nitrogens is 1. The summed E-state index contributed by atoms with van der Waals surface area (Å²) >= 11 is 0. The highest BCUT2D eigenvalue weighted by molar-refractivity contribution is 5.91. The minimum Gasteiger partial charge on any atom is -0.491 e. The van der Waals surface area contributed by atoms with Crippen molar-refractivity contribution in [1.82, 2.24) is 24.8 Å². The van der Waals surface area contributed by atoms with Gasteiger partial charge in [0.2, 0.25) is 5.91 Å². The van der Waals surface area contributed by atoms with Crippen LogP contribution in [0.2, 0.25) is 0 Å². The highest BCUT2D eigenvalue weighted by Crippen LogP contribution is 2.32. The molecule has 2 atom stereocenters. The van der Waals surface area contributed by atoms with Crippen LogP contribution in [0.3, 0.4) is 0 Å². The Kier molecular flexibility index (Phi) is 8.26. The number of amides is 1. The van der Waals surface area contributed by atoms with Crippen molar-refractivity contribution < 1.29 is 14.6 Å². The molecule has 1 aliphatic rings. The zero-order chi connectivity index (χ0) is 27.4. The number of anilines is 1. The summed E-state index contributed by atoms with van der Waals surface area (Å²) in [4.78, 5) is 32.9. The minimum absolute atomic E-state index is 0.0130. The quantitative estimate of drug-likeness (QED) is 0.293. The number of nitrogens with one attached hydrogen (secondary N) is 1. The maximum absolute atomic E-state index is 12.6. The summed E-state index contributed by atoms with van der Waals surface area (Å²) in [7, 11) is 0. The number of aliphatic hydroxyl groups excluding tert-OH is 1. The van der Waals surface area contributed by atoms with Gasteiger partial charge in [-0.25, -0.2) is 15.0 Å². The number of carbonyl (C=O) groups is 1. The number of hydrogen-bond donors (Lipinski definition) is 2. The number of fused-ring (bicyclic) bond motifs is 2. The average Bonchev–Trinajstić information content (AvgIpc) is 3.61. The summed E-state index contributed by atoms with van der Waals surface area (Å²) in [6, 6.07) is 12.5. The molecule has 3 heterocycles. The molecule has 1 saturated heterocycles. The molecule has 9 nitrogen and oxygen atoms in total. The summed E-state index contributed by atoms with van der Waals surface area (Å²) < 4.78 is 6.46. The van der Waals surface area contributed by atoms with Crippen LogP contribution in [0.1, 0.15) is 45.6 Å². The van der Waals surface area contributed by atoms with Crippen molar-refractivity contribution in [2.24, 2.45) is 11.8 Å². The molecule has 0 radical (unpaired) electrons. The van der Waals surface area contributed by atoms with Gasteiger partial charge in [0.25, 0.3) is 0 Å². The number of hydrogen-bond acceptors (Lipinski definition) is 7. The van der Waals surface area contributed by atoms with Gasteiger partial charge in [0.1, 0.15) is 24.2 Å². The van der Waals surface area contributed by atoms with Gasteiger partial charge in [-0.15, -0.1) is 0 Å². The largest absolute Gasteiger partial charge is 0.491 e. The monoisotopic (exact) mass is 530 g/mol. The van der Waals surface area contributed by atoms with Crippen molar-refractivity contribution >= 4 is 33.7 Å². The molecule has 9 heteroatoms. The van der Waals surface area contributed by atoms with Crippen LogP contribution in [0, 0.1) is 11.8 Å². The second-order valence-corrected chi connectivity index (χ2v) is 10.9. The summed E-state index contributed by atoms with van der Waals surface area (Å²) in [6.45, 7) is 8.45. The van der Waals surface area contributed by atoms with E-state index in [4.69, 9.17) is 4.74 Å². The van der Waals surface area contributed by atoms with E-state index in [0.29, 0.717) is 31.3 Å². The third kappa shape index (κ3) is 5.98. The zero-order valence-corrected chi connectivity index (χ0v) is 23.0. The second kappa shape index (κ2) is 12.0. The zero-order valence-electron chi connectivity index (χ0n) is 23.0. The van der Waals surface area contributed by atoms with Crippen LogP contribution >= 0.6 is 0 Å². The van der Waals surface area contributed by atoms with Crippen LogP contribution in [-0.2, 0) is 11.3 Å². The van der Waals surface area contributed by atoms with E-state index < -0.39 is 0 Å². The molecule has 0 aliphatic carbocycles. The maximum Gasteiger partial charge on any atom is 0.219 e. The number of nitrogens with zero attached hydrogens (tertiary/aromatic N) is 5. The van der Waals surface area contributed by atoms with Crippen LogP contribution in [0.15, 0.2) is 49.1 Å². The van der Waals surface area contributed by atoms with Crippen molar-refractivity contribution in [3.8, 4) is 5.75 Å². The first-order valence-corrected chi connectivity index (χ1v) is 13.8. The Hall–Kier alpha value is -3.72. The van der Waals surface area contributed by atoms with E-state index in [-0.39, 0.29) is 24.5 Å². The number of aromatic amines is 1. The number of rotatable bonds is 11. The Labute approximate surface area is 229 Å². The van der Waals surface area contributed by atoms with E-state index >= 15 is 0 Å². The molecule has 0 saturated carbocycles. The molecule has 2 N–H and O–H groups in total. The molecule has 1 unspecified atom stereocenters. The number of imidazole rings is 1. The van der Waals surface area contributed by atoms with Crippen LogP contribution in [-0.4, -0.2) is 68.2 Å². The number of aliphatic hydroxyl groups is 1. The summed E-state index contributed by atoms with van der Waals surface area (Å²) in [5.41, 5.74) is 2.59. The summed E-state index contributed by atoms with van der Waals surface area (Å²) in [5.74, 6) is 2.24. The van der Waals surface area contributed by atoms with Gasteiger partial charge in [-0.1, -0.05) is 44.2 Å². The van der Waals surface area contributed by atoms with E-state index in [1.54, 1.807) is 19.6 Å². The SMILES string of the molecule is CC(=O)N(Cc1ccc(OC[C@H]2CCCN2c2ncnc3nc[nH]c23)c2ccccc12)CC(CO)CC(C)C. The fourth-order valence-corrected chi connectivity index (χ4v) is 5.74. The molecule has 206 valence electrons. The maximum atomic E-state index is 12.6. The smallest absolute Gasteiger partial charge is 0.219 e. The van der Waals surface area contributed by atoms with Crippen LogP contribution in [0.5, 0.6) is 5.75 Å². The lowest BCUT2D eigenvalue weighted by atomic mass is 9.96. The molecule has 4 aromatic rings. The lowest BCUT2D eigenvalue weighted by molar-refractivity contribution is -0.130. The predicted octanol–water partition coefficient (Wildman–Crippen LogP) is 4.56. The van der Waals surface area contributed by atoms with Gasteiger partial charge in [0.05, 0.1) is 12.4 Å². The van der Waals surface area contributed by atoms with Crippen molar-refractivity contribution in [3.63, 3.8) is 0 Å². The Balaban J connectivity index is 1.34. The molecule has 1 aliphatic heterocycles. The highest BCUT2D eigenvalue weighted by Gasteiger charge is 2.28. The van der Waals surface area contributed by atoms with Crippen LogP contribution in [0.4, 0.5) is 5.82 Å². The fraction of sp³-hybridized carbons (Fsp3) is 0.467. The average molecular weight is 531 g/mol. The standard InChI is InChI=1S/C30H38N6O3/c1-20(2)13-22(16-37)14-35(21(3)38)15-23-10-11-27(26-9-5-4-8-25(23)26)39-17-24-7-6-12-36(24)30-28-29(32-18-31-28)33-19-34-30/h4-5,8-11,18-20,22,24,37H,6-7,12-17H2,1-3H3,(H,31,32,33,34)/t22?,24-/m1/s1. The third-order valence-corrected chi connectivity index (χ3v) is 7.61. The molecule has 0 spiro atoms. The molecule has 1 amide bonds. The Bertz CT molecular complexity index is 1420. The van der Waals surface area contributed by atoms with Gasteiger partial charge in [-0.05, 0) is 48.1 Å².